The summed E-state index contributed by atoms with van der Waals surface area (Å²) in [4.78, 5) is 10.4. The van der Waals surface area contributed by atoms with Crippen molar-refractivity contribution in [1.29, 1.82) is 0 Å². The van der Waals surface area contributed by atoms with E-state index in [4.69, 9.17) is 14.6 Å². The highest BCUT2D eigenvalue weighted by Crippen LogP contribution is 2.24. The predicted octanol–water partition coefficient (Wildman–Crippen LogP) is 0.598. The summed E-state index contributed by atoms with van der Waals surface area (Å²) in [6.45, 7) is 0.0229. The summed E-state index contributed by atoms with van der Waals surface area (Å²) in [5.41, 5.74) is 0.632. The number of ether oxygens (including phenoxy) is 2. The SMILES string of the molecule is COc1ccc(CNS(=O)(=O)CCC(=O)O)c(OC)c1. The molecule has 1 rings (SSSR count). The van der Waals surface area contributed by atoms with Crippen LogP contribution in [-0.4, -0.2) is 39.5 Å². The molecule has 8 heteroatoms. The summed E-state index contributed by atoms with van der Waals surface area (Å²) < 4.78 is 35.7. The van der Waals surface area contributed by atoms with Crippen LogP contribution in [0.5, 0.6) is 11.5 Å². The summed E-state index contributed by atoms with van der Waals surface area (Å²) in [6.07, 6.45) is -0.435. The fourth-order valence-corrected chi connectivity index (χ4v) is 2.44. The summed E-state index contributed by atoms with van der Waals surface area (Å²) in [7, 11) is -0.647. The smallest absolute Gasteiger partial charge is 0.304 e. The summed E-state index contributed by atoms with van der Waals surface area (Å²) in [5.74, 6) is -0.525. The number of carboxylic acids is 1. The van der Waals surface area contributed by atoms with Gasteiger partial charge in [0.25, 0.3) is 0 Å². The van der Waals surface area contributed by atoms with Gasteiger partial charge < -0.3 is 14.6 Å². The molecule has 0 aliphatic carbocycles. The third kappa shape index (κ3) is 5.06. The van der Waals surface area contributed by atoms with E-state index >= 15 is 0 Å². The highest BCUT2D eigenvalue weighted by molar-refractivity contribution is 7.89. The number of hydrogen-bond donors (Lipinski definition) is 2. The Balaban J connectivity index is 2.72. The largest absolute Gasteiger partial charge is 0.497 e. The molecular formula is C12H17NO6S. The molecule has 0 saturated heterocycles. The molecule has 112 valence electrons. The van der Waals surface area contributed by atoms with Crippen LogP contribution in [0.3, 0.4) is 0 Å². The molecular weight excluding hydrogens is 286 g/mol. The van der Waals surface area contributed by atoms with Crippen LogP contribution in [0, 0.1) is 0 Å². The maximum Gasteiger partial charge on any atom is 0.304 e. The zero-order valence-corrected chi connectivity index (χ0v) is 12.1. The predicted molar refractivity (Wildman–Crippen MR) is 72.4 cm³/mol. The van der Waals surface area contributed by atoms with Gasteiger partial charge in [0.1, 0.15) is 11.5 Å². The van der Waals surface area contributed by atoms with Crippen molar-refractivity contribution in [1.82, 2.24) is 4.72 Å². The maximum absolute atomic E-state index is 11.6. The Morgan fingerprint density at radius 1 is 1.30 bits per heavy atom. The van der Waals surface area contributed by atoms with E-state index in [2.05, 4.69) is 4.72 Å². The molecule has 0 atom stereocenters. The first-order valence-electron chi connectivity index (χ1n) is 5.78. The Kier molecular flexibility index (Phi) is 5.78. The van der Waals surface area contributed by atoms with Crippen molar-refractivity contribution in [2.24, 2.45) is 0 Å². The van der Waals surface area contributed by atoms with Crippen molar-refractivity contribution in [2.45, 2.75) is 13.0 Å². The van der Waals surface area contributed by atoms with Gasteiger partial charge in [-0.25, -0.2) is 13.1 Å². The lowest BCUT2D eigenvalue weighted by molar-refractivity contribution is -0.136. The Morgan fingerprint density at radius 3 is 2.55 bits per heavy atom. The second-order valence-electron chi connectivity index (χ2n) is 3.96. The van der Waals surface area contributed by atoms with Crippen LogP contribution < -0.4 is 14.2 Å². The van der Waals surface area contributed by atoms with Gasteiger partial charge in [-0.3, -0.25) is 4.79 Å². The fraction of sp³-hybridized carbons (Fsp3) is 0.417. The zero-order valence-electron chi connectivity index (χ0n) is 11.3. The first-order chi connectivity index (χ1) is 9.38. The van der Waals surface area contributed by atoms with Gasteiger partial charge in [-0.1, -0.05) is 6.07 Å². The lowest BCUT2D eigenvalue weighted by atomic mass is 10.2. The summed E-state index contributed by atoms with van der Waals surface area (Å²) in [5, 5.41) is 8.48. The highest BCUT2D eigenvalue weighted by Gasteiger charge is 2.14. The molecule has 1 aromatic rings. The number of methoxy groups -OCH3 is 2. The van der Waals surface area contributed by atoms with Gasteiger partial charge in [0, 0.05) is 18.2 Å². The van der Waals surface area contributed by atoms with Crippen LogP contribution in [0.15, 0.2) is 18.2 Å². The third-order valence-electron chi connectivity index (χ3n) is 2.56. The average Bonchev–Trinajstić information content (AvgIpc) is 2.43. The minimum Gasteiger partial charge on any atom is -0.497 e. The third-order valence-corrected chi connectivity index (χ3v) is 3.89. The normalized spacial score (nSPS) is 11.1. The lowest BCUT2D eigenvalue weighted by Gasteiger charge is -2.11. The summed E-state index contributed by atoms with van der Waals surface area (Å²) >= 11 is 0. The van der Waals surface area contributed by atoms with Crippen LogP contribution in [0.25, 0.3) is 0 Å². The van der Waals surface area contributed by atoms with E-state index in [0.717, 1.165) is 0 Å². The number of nitrogens with one attached hydrogen (secondary N) is 1. The van der Waals surface area contributed by atoms with E-state index in [1.165, 1.54) is 14.2 Å². The van der Waals surface area contributed by atoms with Crippen LogP contribution in [0.2, 0.25) is 0 Å². The second kappa shape index (κ2) is 7.11. The van der Waals surface area contributed by atoms with Crippen LogP contribution in [0.4, 0.5) is 0 Å². The standard InChI is InChI=1S/C12H17NO6S/c1-18-10-4-3-9(11(7-10)19-2)8-13-20(16,17)6-5-12(14)15/h3-4,7,13H,5-6,8H2,1-2H3,(H,14,15). The molecule has 0 radical (unpaired) electrons. The molecule has 2 N–H and O–H groups in total. The molecule has 0 saturated carbocycles. The van der Waals surface area contributed by atoms with Crippen molar-refractivity contribution in [2.75, 3.05) is 20.0 Å². The number of carboxylic acid groups (broad SMARTS) is 1. The van der Waals surface area contributed by atoms with Gasteiger partial charge >= 0.3 is 5.97 Å². The molecule has 0 aliphatic rings. The van der Waals surface area contributed by atoms with Gasteiger partial charge in [-0.15, -0.1) is 0 Å². The molecule has 0 aromatic heterocycles. The molecule has 0 fully saturated rings. The number of hydrogen-bond acceptors (Lipinski definition) is 5. The molecule has 7 nitrogen and oxygen atoms in total. The van der Waals surface area contributed by atoms with Crippen LogP contribution in [0.1, 0.15) is 12.0 Å². The van der Waals surface area contributed by atoms with Crippen molar-refractivity contribution in [3.8, 4) is 11.5 Å². The molecule has 0 bridgehead atoms. The topological polar surface area (TPSA) is 102 Å². The van der Waals surface area contributed by atoms with Crippen molar-refractivity contribution < 1.29 is 27.8 Å². The van der Waals surface area contributed by atoms with Gasteiger partial charge in [0.15, 0.2) is 0 Å². The quantitative estimate of drug-likeness (QED) is 0.729. The minimum absolute atomic E-state index is 0.0229. The Bertz CT molecular complexity index is 569. The number of carbonyl (C=O) groups is 1. The molecule has 0 unspecified atom stereocenters. The van der Waals surface area contributed by atoms with Gasteiger partial charge in [0.05, 0.1) is 26.4 Å². The highest BCUT2D eigenvalue weighted by atomic mass is 32.2. The number of benzene rings is 1. The van der Waals surface area contributed by atoms with Crippen molar-refractivity contribution in [3.05, 3.63) is 23.8 Å². The molecule has 20 heavy (non-hydrogen) atoms. The van der Waals surface area contributed by atoms with E-state index in [9.17, 15) is 13.2 Å². The average molecular weight is 303 g/mol. The molecule has 1 aromatic carbocycles. The Hall–Kier alpha value is -1.80. The van der Waals surface area contributed by atoms with E-state index in [-0.39, 0.29) is 6.54 Å². The fourth-order valence-electron chi connectivity index (χ4n) is 1.48. The Labute approximate surface area is 117 Å². The lowest BCUT2D eigenvalue weighted by Crippen LogP contribution is -2.27. The molecule has 0 spiro atoms. The zero-order chi connectivity index (χ0) is 15.2. The monoisotopic (exact) mass is 303 g/mol. The number of sulfonamides is 1. The van der Waals surface area contributed by atoms with E-state index in [1.807, 2.05) is 0 Å². The van der Waals surface area contributed by atoms with Gasteiger partial charge in [-0.2, -0.15) is 0 Å². The minimum atomic E-state index is -3.63. The van der Waals surface area contributed by atoms with E-state index in [0.29, 0.717) is 17.1 Å². The first-order valence-corrected chi connectivity index (χ1v) is 7.43. The van der Waals surface area contributed by atoms with E-state index in [1.54, 1.807) is 18.2 Å². The van der Waals surface area contributed by atoms with Gasteiger partial charge in [-0.05, 0) is 6.07 Å². The number of rotatable bonds is 8. The van der Waals surface area contributed by atoms with Gasteiger partial charge in [0.2, 0.25) is 10.0 Å². The van der Waals surface area contributed by atoms with Crippen LogP contribution >= 0.6 is 0 Å². The Morgan fingerprint density at radius 2 is 2.00 bits per heavy atom. The molecule has 0 amide bonds. The number of aliphatic carboxylic acids is 1. The molecule has 0 aliphatic heterocycles. The van der Waals surface area contributed by atoms with Crippen molar-refractivity contribution in [3.63, 3.8) is 0 Å². The van der Waals surface area contributed by atoms with E-state index < -0.39 is 28.2 Å². The van der Waals surface area contributed by atoms with Crippen molar-refractivity contribution >= 4 is 16.0 Å². The maximum atomic E-state index is 11.6. The van der Waals surface area contributed by atoms with Crippen LogP contribution in [-0.2, 0) is 21.4 Å². The summed E-state index contributed by atoms with van der Waals surface area (Å²) in [6, 6.07) is 5.00. The first kappa shape index (κ1) is 16.3. The molecule has 0 heterocycles. The second-order valence-corrected chi connectivity index (χ2v) is 5.89.